The van der Waals surface area contributed by atoms with E-state index in [0.29, 0.717) is 35.4 Å². The fraction of sp³-hybridized carbons (Fsp3) is 0.474. The molecule has 1 aromatic heterocycles. The second-order valence-corrected chi connectivity index (χ2v) is 17.8. The molecule has 0 bridgehead atoms. The molecular formula is C38H43ClF3N5O6S. The number of benzene rings is 2. The first-order valence-corrected chi connectivity index (χ1v) is 19.4. The molecule has 0 spiro atoms. The predicted octanol–water partition coefficient (Wildman–Crippen LogP) is 7.30. The number of allylic oxidation sites excluding steroid dienone is 1. The smallest absolute Gasteiger partial charge is 0.422 e. The number of nitrogens with zero attached hydrogens (tertiary/aromatic N) is 3. The number of alkyl halides is 3. The zero-order valence-corrected chi connectivity index (χ0v) is 31.8. The molecule has 5 rings (SSSR count). The first-order valence-electron chi connectivity index (χ1n) is 17.6. The monoisotopic (exact) mass is 789 g/mol. The van der Waals surface area contributed by atoms with Gasteiger partial charge < -0.3 is 10.1 Å². The number of halogens is 4. The van der Waals surface area contributed by atoms with Crippen LogP contribution in [0.5, 0.6) is 6.01 Å². The summed E-state index contributed by atoms with van der Waals surface area (Å²) in [6.07, 6.45) is -0.0244. The molecule has 0 unspecified atom stereocenters. The lowest BCUT2D eigenvalue weighted by Crippen LogP contribution is -2.46. The molecular weight excluding hydrogens is 747 g/mol. The summed E-state index contributed by atoms with van der Waals surface area (Å²) in [6.45, 7) is 6.58. The van der Waals surface area contributed by atoms with Crippen molar-refractivity contribution >= 4 is 45.0 Å². The highest BCUT2D eigenvalue weighted by Gasteiger charge is 2.60. The Morgan fingerprint density at radius 3 is 2.20 bits per heavy atom. The van der Waals surface area contributed by atoms with Crippen molar-refractivity contribution in [3.8, 4) is 6.01 Å². The number of hydrogen-bond acceptors (Lipinski definition) is 10. The SMILES string of the molecule is C=C[C@@H]1C[C@]1(CC(=O)CCCCC(=O)c1ccc(Cc2nc(NC3(c4ccc(Cl)cc4)CC3)nc(OCC(F)(F)F)n2)cc1)C(=O)NS(=O)(=O)C(C)(C)C. The Bertz CT molecular complexity index is 2000. The molecule has 16 heteroatoms. The van der Waals surface area contributed by atoms with Crippen LogP contribution in [-0.2, 0) is 31.6 Å². The van der Waals surface area contributed by atoms with Crippen LogP contribution in [0.2, 0.25) is 5.02 Å². The fourth-order valence-electron chi connectivity index (χ4n) is 6.09. The third kappa shape index (κ3) is 10.2. The van der Waals surface area contributed by atoms with Crippen LogP contribution in [-0.4, -0.2) is 58.4 Å². The maximum absolute atomic E-state index is 13.0. The number of hydrogen-bond donors (Lipinski definition) is 2. The van der Waals surface area contributed by atoms with Crippen molar-refractivity contribution in [1.29, 1.82) is 0 Å². The maximum atomic E-state index is 13.0. The fourth-order valence-corrected chi connectivity index (χ4v) is 6.96. The van der Waals surface area contributed by atoms with Gasteiger partial charge in [0.2, 0.25) is 21.9 Å². The van der Waals surface area contributed by atoms with Gasteiger partial charge in [-0.2, -0.15) is 28.1 Å². The molecule has 2 saturated carbocycles. The molecule has 3 aromatic rings. The minimum absolute atomic E-state index is 0.0690. The Labute approximate surface area is 317 Å². The summed E-state index contributed by atoms with van der Waals surface area (Å²) < 4.78 is 69.8. The number of sulfonamides is 1. The van der Waals surface area contributed by atoms with Gasteiger partial charge in [-0.1, -0.05) is 54.1 Å². The Morgan fingerprint density at radius 1 is 0.981 bits per heavy atom. The molecule has 0 saturated heterocycles. The van der Waals surface area contributed by atoms with Crippen LogP contribution in [0.1, 0.15) is 99.4 Å². The number of carbonyl (C=O) groups is 3. The zero-order valence-electron chi connectivity index (χ0n) is 30.3. The van der Waals surface area contributed by atoms with E-state index >= 15 is 0 Å². The Kier molecular flexibility index (Phi) is 11.9. The Hall–Kier alpha value is -4.37. The van der Waals surface area contributed by atoms with Crippen molar-refractivity contribution in [2.75, 3.05) is 11.9 Å². The summed E-state index contributed by atoms with van der Waals surface area (Å²) in [5, 5.41) is 3.82. The highest BCUT2D eigenvalue weighted by molar-refractivity contribution is 7.91. The van der Waals surface area contributed by atoms with Crippen molar-refractivity contribution in [1.82, 2.24) is 19.7 Å². The minimum atomic E-state index is -4.59. The second kappa shape index (κ2) is 15.8. The van der Waals surface area contributed by atoms with E-state index in [1.165, 1.54) is 20.8 Å². The van der Waals surface area contributed by atoms with E-state index in [2.05, 4.69) is 31.6 Å². The maximum Gasteiger partial charge on any atom is 0.422 e. The zero-order chi connectivity index (χ0) is 39.5. The van der Waals surface area contributed by atoms with E-state index in [1.807, 2.05) is 12.1 Å². The van der Waals surface area contributed by atoms with E-state index in [9.17, 15) is 36.0 Å². The van der Waals surface area contributed by atoms with Gasteiger partial charge in [0.1, 0.15) is 11.6 Å². The summed E-state index contributed by atoms with van der Waals surface area (Å²) in [5.41, 5.74) is 0.436. The van der Waals surface area contributed by atoms with Gasteiger partial charge >= 0.3 is 12.2 Å². The number of amides is 1. The van der Waals surface area contributed by atoms with Gasteiger partial charge in [0.05, 0.1) is 15.7 Å². The van der Waals surface area contributed by atoms with Crippen LogP contribution in [0.4, 0.5) is 19.1 Å². The largest absolute Gasteiger partial charge is 0.454 e. The molecule has 1 amide bonds. The number of aromatic nitrogens is 3. The van der Waals surface area contributed by atoms with Crippen molar-refractivity contribution < 1.29 is 40.7 Å². The molecule has 0 radical (unpaired) electrons. The van der Waals surface area contributed by atoms with E-state index < -0.39 is 50.4 Å². The third-order valence-electron chi connectivity index (χ3n) is 9.69. The van der Waals surface area contributed by atoms with Gasteiger partial charge in [-0.3, -0.25) is 19.1 Å². The number of anilines is 1. The van der Waals surface area contributed by atoms with Crippen molar-refractivity contribution in [2.45, 2.75) is 95.0 Å². The van der Waals surface area contributed by atoms with Gasteiger partial charge in [-0.15, -0.1) is 6.58 Å². The van der Waals surface area contributed by atoms with Gasteiger partial charge in [0.25, 0.3) is 0 Å². The topological polar surface area (TPSA) is 157 Å². The molecule has 11 nitrogen and oxygen atoms in total. The Morgan fingerprint density at radius 2 is 1.63 bits per heavy atom. The van der Waals surface area contributed by atoms with Crippen LogP contribution < -0.4 is 14.8 Å². The molecule has 2 aliphatic carbocycles. The third-order valence-corrected chi connectivity index (χ3v) is 12.0. The molecule has 2 atom stereocenters. The average molecular weight is 790 g/mol. The van der Waals surface area contributed by atoms with E-state index in [4.69, 9.17) is 16.3 Å². The number of Topliss-reactive ketones (excluding diaryl/α,β-unsaturated/α-hetero) is 2. The molecule has 2 aromatic carbocycles. The summed E-state index contributed by atoms with van der Waals surface area (Å²) in [4.78, 5) is 51.5. The quantitative estimate of drug-likeness (QED) is 0.0762. The lowest BCUT2D eigenvalue weighted by atomic mass is 9.93. The highest BCUT2D eigenvalue weighted by atomic mass is 35.5. The molecule has 2 fully saturated rings. The van der Waals surface area contributed by atoms with Crippen LogP contribution in [0.3, 0.4) is 0 Å². The van der Waals surface area contributed by atoms with Gasteiger partial charge in [0, 0.05) is 36.3 Å². The summed E-state index contributed by atoms with van der Waals surface area (Å²) >= 11 is 6.04. The van der Waals surface area contributed by atoms with Crippen LogP contribution in [0, 0.1) is 11.3 Å². The molecule has 290 valence electrons. The normalized spacial score (nSPS) is 19.1. The second-order valence-electron chi connectivity index (χ2n) is 14.9. The number of ether oxygens (including phenoxy) is 1. The summed E-state index contributed by atoms with van der Waals surface area (Å²) in [6, 6.07) is 13.5. The van der Waals surface area contributed by atoms with Crippen molar-refractivity contribution in [2.24, 2.45) is 11.3 Å². The first-order chi connectivity index (χ1) is 25.2. The van der Waals surface area contributed by atoms with E-state index in [0.717, 1.165) is 18.4 Å². The van der Waals surface area contributed by atoms with Crippen molar-refractivity contribution in [3.63, 3.8) is 0 Å². The summed E-state index contributed by atoms with van der Waals surface area (Å²) in [5.74, 6) is -1.10. The minimum Gasteiger partial charge on any atom is -0.454 e. The number of rotatable bonds is 18. The van der Waals surface area contributed by atoms with Crippen LogP contribution in [0.15, 0.2) is 61.2 Å². The predicted molar refractivity (Wildman–Crippen MR) is 197 cm³/mol. The standard InChI is InChI=1S/C38H43ClF3N5O6S/c1-5-26-21-36(26,32(50)47-54(51,52)35(2,3)4)22-29(48)8-6-7-9-30(49)25-12-10-24(11-13-25)20-31-43-33(45-34(44-31)53-23-38(40,41)42)46-37(18-19-37)27-14-16-28(39)17-15-27/h5,10-17,26H,1,6-9,18-23H2,2-4H3,(H,47,50)(H,43,44,45,46)/t26-,36-/m1/s1. The molecule has 1 heterocycles. The van der Waals surface area contributed by atoms with E-state index in [1.54, 1.807) is 42.5 Å². The Balaban J connectivity index is 1.15. The molecule has 2 aliphatic rings. The van der Waals surface area contributed by atoms with Crippen molar-refractivity contribution in [3.05, 3.63) is 88.7 Å². The number of nitrogens with one attached hydrogen (secondary N) is 2. The highest BCUT2D eigenvalue weighted by Crippen LogP contribution is 2.56. The average Bonchev–Trinajstić information content (AvgIpc) is 4.02. The number of ketones is 2. The number of carbonyl (C=O) groups excluding carboxylic acids is 3. The summed E-state index contributed by atoms with van der Waals surface area (Å²) in [7, 11) is -3.94. The first kappa shape index (κ1) is 40.8. The van der Waals surface area contributed by atoms with Crippen LogP contribution >= 0.6 is 11.6 Å². The van der Waals surface area contributed by atoms with E-state index in [-0.39, 0.29) is 54.9 Å². The molecule has 0 aliphatic heterocycles. The van der Waals surface area contributed by atoms with Crippen LogP contribution in [0.25, 0.3) is 0 Å². The molecule has 54 heavy (non-hydrogen) atoms. The lowest BCUT2D eigenvalue weighted by molar-refractivity contribution is -0.154. The number of unbranched alkanes of at least 4 members (excludes halogenated alkanes) is 1. The van der Waals surface area contributed by atoms with Gasteiger partial charge in [0.15, 0.2) is 12.4 Å². The lowest BCUT2D eigenvalue weighted by Gasteiger charge is -2.22. The molecule has 2 N–H and O–H groups in total. The van der Waals surface area contributed by atoms with Gasteiger partial charge in [-0.05, 0) is 82.1 Å². The van der Waals surface area contributed by atoms with Gasteiger partial charge in [-0.25, -0.2) is 8.42 Å².